The van der Waals surface area contributed by atoms with Gasteiger partial charge in [0.05, 0.1) is 12.2 Å². The minimum Gasteiger partial charge on any atom is -0.393 e. The van der Waals surface area contributed by atoms with Crippen LogP contribution in [0.2, 0.25) is 0 Å². The van der Waals surface area contributed by atoms with E-state index in [0.717, 1.165) is 22.9 Å². The van der Waals surface area contributed by atoms with Crippen LogP contribution in [0.4, 0.5) is 23.2 Å². The predicted octanol–water partition coefficient (Wildman–Crippen LogP) is 1.70. The van der Waals surface area contributed by atoms with Crippen molar-refractivity contribution in [2.75, 3.05) is 5.73 Å². The minimum atomic E-state index is -4.93. The zero-order valence-electron chi connectivity index (χ0n) is 15.6. The molecular formula is C18H20F4N4O3. The Hall–Kier alpha value is -2.95. The van der Waals surface area contributed by atoms with Crippen molar-refractivity contribution < 1.29 is 27.5 Å². The average Bonchev–Trinajstić information content (AvgIpc) is 2.63. The van der Waals surface area contributed by atoms with E-state index in [0.29, 0.717) is 5.56 Å². The number of carbonyl (C=O) groups is 1. The molecule has 0 radical (unpaired) electrons. The van der Waals surface area contributed by atoms with Crippen molar-refractivity contribution in [1.82, 2.24) is 14.9 Å². The van der Waals surface area contributed by atoms with Crippen LogP contribution in [0.25, 0.3) is 11.4 Å². The van der Waals surface area contributed by atoms with Gasteiger partial charge in [-0.1, -0.05) is 13.8 Å². The van der Waals surface area contributed by atoms with Gasteiger partial charge in [-0.3, -0.25) is 14.2 Å². The van der Waals surface area contributed by atoms with Crippen molar-refractivity contribution >= 4 is 11.6 Å². The van der Waals surface area contributed by atoms with E-state index < -0.39 is 48.1 Å². The molecule has 0 fully saturated rings. The van der Waals surface area contributed by atoms with Crippen LogP contribution in [0.5, 0.6) is 0 Å². The topological polar surface area (TPSA) is 110 Å². The summed E-state index contributed by atoms with van der Waals surface area (Å²) >= 11 is 0. The van der Waals surface area contributed by atoms with E-state index in [4.69, 9.17) is 5.73 Å². The molecule has 2 atom stereocenters. The first-order chi connectivity index (χ1) is 13.4. The van der Waals surface area contributed by atoms with Crippen LogP contribution < -0.4 is 16.6 Å². The maximum Gasteiger partial charge on any atom is 0.416 e. The molecule has 0 spiro atoms. The normalized spacial score (nSPS) is 13.9. The predicted molar refractivity (Wildman–Crippen MR) is 97.1 cm³/mol. The van der Waals surface area contributed by atoms with Crippen molar-refractivity contribution in [2.24, 2.45) is 5.92 Å². The minimum absolute atomic E-state index is 0.0168. The fourth-order valence-corrected chi connectivity index (χ4v) is 2.67. The zero-order chi connectivity index (χ0) is 21.9. The van der Waals surface area contributed by atoms with Gasteiger partial charge in [-0.05, 0) is 30.2 Å². The largest absolute Gasteiger partial charge is 0.416 e. The molecule has 2 unspecified atom stereocenters. The van der Waals surface area contributed by atoms with Gasteiger partial charge in [0.25, 0.3) is 5.56 Å². The van der Waals surface area contributed by atoms with E-state index in [9.17, 15) is 32.3 Å². The Morgan fingerprint density at radius 1 is 1.28 bits per heavy atom. The van der Waals surface area contributed by atoms with Crippen molar-refractivity contribution in [2.45, 2.75) is 38.7 Å². The van der Waals surface area contributed by atoms with Crippen LogP contribution in [0, 0.1) is 11.7 Å². The molecule has 1 heterocycles. The molecule has 0 bridgehead atoms. The van der Waals surface area contributed by atoms with Crippen molar-refractivity contribution in [3.63, 3.8) is 0 Å². The molecule has 2 rings (SSSR count). The van der Waals surface area contributed by atoms with Crippen molar-refractivity contribution in [3.05, 3.63) is 46.6 Å². The smallest absolute Gasteiger partial charge is 0.393 e. The van der Waals surface area contributed by atoms with Crippen LogP contribution in [0.3, 0.4) is 0 Å². The fourth-order valence-electron chi connectivity index (χ4n) is 2.67. The molecule has 1 aromatic heterocycles. The lowest BCUT2D eigenvalue weighted by Crippen LogP contribution is -2.53. The summed E-state index contributed by atoms with van der Waals surface area (Å²) in [6.07, 6.45) is -6.64. The first-order valence-electron chi connectivity index (χ1n) is 8.57. The van der Waals surface area contributed by atoms with Crippen molar-refractivity contribution in [1.29, 1.82) is 0 Å². The molecule has 1 aromatic carbocycles. The highest BCUT2D eigenvalue weighted by molar-refractivity contribution is 5.77. The van der Waals surface area contributed by atoms with Gasteiger partial charge in [-0.2, -0.15) is 13.2 Å². The SMILES string of the molecule is CC(C)C(NC(=O)Cn1c(-c2ccc(F)cc2)ncc(N)c1=O)C(O)C(F)(F)F. The molecule has 0 aliphatic carbocycles. The number of aliphatic hydroxyl groups excluding tert-OH is 1. The molecule has 0 saturated heterocycles. The molecule has 158 valence electrons. The molecule has 29 heavy (non-hydrogen) atoms. The van der Waals surface area contributed by atoms with Gasteiger partial charge in [-0.15, -0.1) is 0 Å². The van der Waals surface area contributed by atoms with Crippen LogP contribution in [-0.2, 0) is 11.3 Å². The number of aliphatic hydroxyl groups is 1. The number of benzene rings is 1. The summed E-state index contributed by atoms with van der Waals surface area (Å²) in [6.45, 7) is 2.10. The molecule has 1 amide bonds. The summed E-state index contributed by atoms with van der Waals surface area (Å²) in [5.41, 5.74) is 4.78. The highest BCUT2D eigenvalue weighted by atomic mass is 19.4. The lowest BCUT2D eigenvalue weighted by atomic mass is 9.98. The molecule has 11 heteroatoms. The third-order valence-electron chi connectivity index (χ3n) is 4.20. The summed E-state index contributed by atoms with van der Waals surface area (Å²) < 4.78 is 52.6. The number of carbonyl (C=O) groups excluding carboxylic acids is 1. The van der Waals surface area contributed by atoms with Gasteiger partial charge in [-0.25, -0.2) is 9.37 Å². The number of halogens is 4. The fraction of sp³-hybridized carbons (Fsp3) is 0.389. The Morgan fingerprint density at radius 3 is 2.38 bits per heavy atom. The number of nitrogens with zero attached hydrogens (tertiary/aromatic N) is 2. The van der Waals surface area contributed by atoms with E-state index in [2.05, 4.69) is 10.3 Å². The van der Waals surface area contributed by atoms with Crippen LogP contribution in [0.1, 0.15) is 13.8 Å². The molecule has 0 saturated carbocycles. The van der Waals surface area contributed by atoms with E-state index in [-0.39, 0.29) is 11.5 Å². The molecular weight excluding hydrogens is 396 g/mol. The number of hydrogen-bond acceptors (Lipinski definition) is 5. The summed E-state index contributed by atoms with van der Waals surface area (Å²) in [6, 6.07) is 3.27. The van der Waals surface area contributed by atoms with E-state index >= 15 is 0 Å². The van der Waals surface area contributed by atoms with Crippen LogP contribution >= 0.6 is 0 Å². The third-order valence-corrected chi connectivity index (χ3v) is 4.20. The highest BCUT2D eigenvalue weighted by Gasteiger charge is 2.45. The van der Waals surface area contributed by atoms with Gasteiger partial charge in [0.1, 0.15) is 23.9 Å². The Labute approximate surface area is 163 Å². The quantitative estimate of drug-likeness (QED) is 0.621. The third kappa shape index (κ3) is 5.31. The average molecular weight is 416 g/mol. The summed E-state index contributed by atoms with van der Waals surface area (Å²) in [7, 11) is 0. The Kier molecular flexibility index (Phi) is 6.62. The number of aromatic nitrogens is 2. The van der Waals surface area contributed by atoms with E-state index in [1.807, 2.05) is 0 Å². The molecule has 4 N–H and O–H groups in total. The maximum atomic E-state index is 13.2. The Balaban J connectivity index is 2.35. The second-order valence-electron chi connectivity index (χ2n) is 6.76. The second-order valence-corrected chi connectivity index (χ2v) is 6.76. The van der Waals surface area contributed by atoms with E-state index in [1.54, 1.807) is 0 Å². The van der Waals surface area contributed by atoms with E-state index in [1.165, 1.54) is 26.0 Å². The maximum absolute atomic E-state index is 13.2. The zero-order valence-corrected chi connectivity index (χ0v) is 15.6. The van der Waals surface area contributed by atoms with Gasteiger partial charge < -0.3 is 16.2 Å². The second kappa shape index (κ2) is 8.60. The number of alkyl halides is 3. The molecule has 7 nitrogen and oxygen atoms in total. The lowest BCUT2D eigenvalue weighted by molar-refractivity contribution is -0.215. The monoisotopic (exact) mass is 416 g/mol. The number of nitrogens with two attached hydrogens (primary N) is 1. The van der Waals surface area contributed by atoms with Crippen LogP contribution in [0.15, 0.2) is 35.3 Å². The molecule has 0 aliphatic heterocycles. The molecule has 2 aromatic rings. The van der Waals surface area contributed by atoms with Gasteiger partial charge in [0.15, 0.2) is 6.10 Å². The first-order valence-corrected chi connectivity index (χ1v) is 8.57. The Morgan fingerprint density at radius 2 is 1.86 bits per heavy atom. The first kappa shape index (κ1) is 22.3. The summed E-state index contributed by atoms with van der Waals surface area (Å²) in [4.78, 5) is 28.8. The number of rotatable bonds is 6. The summed E-state index contributed by atoms with van der Waals surface area (Å²) in [5.74, 6) is -2.25. The van der Waals surface area contributed by atoms with Gasteiger partial charge >= 0.3 is 6.18 Å². The lowest BCUT2D eigenvalue weighted by Gasteiger charge is -2.29. The standard InChI is InChI=1S/C18H20F4N4O3/c1-9(2)14(15(28)18(20,21)22)25-13(27)8-26-16(24-7-12(23)17(26)29)10-3-5-11(19)6-4-10/h3-7,9,14-15,28H,8,23H2,1-2H3,(H,25,27). The summed E-state index contributed by atoms with van der Waals surface area (Å²) in [5, 5.41) is 11.6. The number of nitrogen functional groups attached to an aromatic ring is 1. The highest BCUT2D eigenvalue weighted by Crippen LogP contribution is 2.25. The number of amides is 1. The molecule has 0 aliphatic rings. The van der Waals surface area contributed by atoms with Crippen molar-refractivity contribution in [3.8, 4) is 11.4 Å². The Bertz CT molecular complexity index is 926. The number of nitrogens with one attached hydrogen (secondary N) is 1. The van der Waals surface area contributed by atoms with Gasteiger partial charge in [0.2, 0.25) is 5.91 Å². The number of anilines is 1. The van der Waals surface area contributed by atoms with Crippen LogP contribution in [-0.4, -0.2) is 38.9 Å². The number of hydrogen-bond donors (Lipinski definition) is 3. The van der Waals surface area contributed by atoms with Gasteiger partial charge in [0, 0.05) is 5.56 Å².